The summed E-state index contributed by atoms with van der Waals surface area (Å²) in [5.74, 6) is 2.06. The van der Waals surface area contributed by atoms with Crippen LogP contribution in [0.25, 0.3) is 0 Å². The van der Waals surface area contributed by atoms with Crippen molar-refractivity contribution in [2.45, 2.75) is 65.3 Å². The van der Waals surface area contributed by atoms with Crippen LogP contribution < -0.4 is 10.8 Å². The SMILES string of the molecule is CCONC(=O)[C@@H](NC(=O)C12CC3CC(CC(C3)C1)C2)C(C)C. The Labute approximate surface area is 138 Å². The van der Waals surface area contributed by atoms with E-state index in [1.165, 1.54) is 19.3 Å². The topological polar surface area (TPSA) is 67.4 Å². The van der Waals surface area contributed by atoms with Gasteiger partial charge in [-0.15, -0.1) is 0 Å². The molecule has 2 amide bonds. The molecule has 0 spiro atoms. The van der Waals surface area contributed by atoms with Crippen molar-refractivity contribution in [2.24, 2.45) is 29.1 Å². The summed E-state index contributed by atoms with van der Waals surface area (Å²) >= 11 is 0. The van der Waals surface area contributed by atoms with E-state index >= 15 is 0 Å². The Morgan fingerprint density at radius 1 is 1.09 bits per heavy atom. The molecule has 4 rings (SSSR count). The number of carbonyl (C=O) groups excluding carboxylic acids is 2. The lowest BCUT2D eigenvalue weighted by Gasteiger charge is -2.55. The van der Waals surface area contributed by atoms with Crippen LogP contribution in [-0.4, -0.2) is 24.5 Å². The first-order valence-electron chi connectivity index (χ1n) is 9.16. The van der Waals surface area contributed by atoms with Gasteiger partial charge in [0.25, 0.3) is 5.91 Å². The van der Waals surface area contributed by atoms with Gasteiger partial charge in [-0.1, -0.05) is 13.8 Å². The quantitative estimate of drug-likeness (QED) is 0.738. The van der Waals surface area contributed by atoms with Gasteiger partial charge >= 0.3 is 0 Å². The van der Waals surface area contributed by atoms with E-state index in [0.717, 1.165) is 37.0 Å². The Hall–Kier alpha value is -1.10. The number of nitrogens with one attached hydrogen (secondary N) is 2. The highest BCUT2D eigenvalue weighted by Gasteiger charge is 2.55. The van der Waals surface area contributed by atoms with Gasteiger partial charge in [-0.25, -0.2) is 5.48 Å². The highest BCUT2D eigenvalue weighted by Crippen LogP contribution is 2.60. The second kappa shape index (κ2) is 6.42. The van der Waals surface area contributed by atoms with Crippen molar-refractivity contribution in [1.82, 2.24) is 10.8 Å². The highest BCUT2D eigenvalue weighted by molar-refractivity contribution is 5.90. The van der Waals surface area contributed by atoms with Crippen molar-refractivity contribution in [2.75, 3.05) is 6.61 Å². The van der Waals surface area contributed by atoms with Gasteiger partial charge in [-0.05, 0) is 69.1 Å². The van der Waals surface area contributed by atoms with Gasteiger partial charge < -0.3 is 5.32 Å². The number of carbonyl (C=O) groups is 2. The maximum absolute atomic E-state index is 13.1. The summed E-state index contributed by atoms with van der Waals surface area (Å²) in [6.45, 7) is 6.14. The second-order valence-electron chi connectivity index (χ2n) is 8.29. The highest BCUT2D eigenvalue weighted by atomic mass is 16.6. The minimum atomic E-state index is -0.526. The molecule has 4 saturated carbocycles. The van der Waals surface area contributed by atoms with Crippen LogP contribution in [0.4, 0.5) is 0 Å². The molecule has 130 valence electrons. The molecule has 4 aliphatic rings. The van der Waals surface area contributed by atoms with Crippen molar-refractivity contribution < 1.29 is 14.4 Å². The molecule has 0 saturated heterocycles. The minimum absolute atomic E-state index is 0.0355. The van der Waals surface area contributed by atoms with E-state index in [0.29, 0.717) is 6.61 Å². The first kappa shape index (κ1) is 16.7. The van der Waals surface area contributed by atoms with E-state index in [9.17, 15) is 9.59 Å². The average molecular weight is 322 g/mol. The van der Waals surface area contributed by atoms with Crippen molar-refractivity contribution in [1.29, 1.82) is 0 Å². The molecule has 0 radical (unpaired) electrons. The fourth-order valence-corrected chi connectivity index (χ4v) is 5.42. The zero-order valence-electron chi connectivity index (χ0n) is 14.6. The van der Waals surface area contributed by atoms with Crippen molar-refractivity contribution >= 4 is 11.8 Å². The van der Waals surface area contributed by atoms with Crippen LogP contribution in [0.2, 0.25) is 0 Å². The second-order valence-corrected chi connectivity index (χ2v) is 8.29. The molecule has 4 bridgehead atoms. The normalized spacial score (nSPS) is 36.1. The van der Waals surface area contributed by atoms with E-state index in [2.05, 4.69) is 10.8 Å². The molecule has 0 aromatic rings. The molecule has 0 heterocycles. The Morgan fingerprint density at radius 3 is 2.04 bits per heavy atom. The Balaban J connectivity index is 1.68. The minimum Gasteiger partial charge on any atom is -0.343 e. The summed E-state index contributed by atoms with van der Waals surface area (Å²) < 4.78 is 0. The number of rotatable bonds is 6. The smallest absolute Gasteiger partial charge is 0.266 e. The van der Waals surface area contributed by atoms with Gasteiger partial charge in [0, 0.05) is 5.41 Å². The molecular weight excluding hydrogens is 292 g/mol. The van der Waals surface area contributed by atoms with Crippen LogP contribution in [0.15, 0.2) is 0 Å². The number of hydrogen-bond acceptors (Lipinski definition) is 3. The van der Waals surface area contributed by atoms with Crippen LogP contribution in [0.3, 0.4) is 0 Å². The Morgan fingerprint density at radius 2 is 1.61 bits per heavy atom. The third kappa shape index (κ3) is 3.25. The van der Waals surface area contributed by atoms with Gasteiger partial charge in [0.15, 0.2) is 0 Å². The molecule has 5 nitrogen and oxygen atoms in total. The molecule has 0 unspecified atom stereocenters. The lowest BCUT2D eigenvalue weighted by atomic mass is 9.49. The predicted octanol–water partition coefficient (Wildman–Crippen LogP) is 2.41. The first-order chi connectivity index (χ1) is 10.9. The third-order valence-corrected chi connectivity index (χ3v) is 6.07. The predicted molar refractivity (Wildman–Crippen MR) is 87.1 cm³/mol. The third-order valence-electron chi connectivity index (χ3n) is 6.07. The summed E-state index contributed by atoms with van der Waals surface area (Å²) in [6, 6.07) is -0.526. The van der Waals surface area contributed by atoms with Crippen LogP contribution in [0, 0.1) is 29.1 Å². The van der Waals surface area contributed by atoms with Crippen LogP contribution >= 0.6 is 0 Å². The first-order valence-corrected chi connectivity index (χ1v) is 9.16. The molecule has 4 aliphatic carbocycles. The number of amides is 2. The summed E-state index contributed by atoms with van der Waals surface area (Å²) in [5.41, 5.74) is 2.22. The van der Waals surface area contributed by atoms with Crippen molar-refractivity contribution in [3.63, 3.8) is 0 Å². The van der Waals surface area contributed by atoms with Gasteiger partial charge in [0.1, 0.15) is 6.04 Å². The van der Waals surface area contributed by atoms with Gasteiger partial charge in [-0.3, -0.25) is 14.4 Å². The fourth-order valence-electron chi connectivity index (χ4n) is 5.42. The maximum Gasteiger partial charge on any atom is 0.266 e. The number of hydroxylamine groups is 1. The van der Waals surface area contributed by atoms with Gasteiger partial charge in [0.05, 0.1) is 6.61 Å². The largest absolute Gasteiger partial charge is 0.343 e. The molecule has 5 heteroatoms. The molecule has 0 aliphatic heterocycles. The fraction of sp³-hybridized carbons (Fsp3) is 0.889. The van der Waals surface area contributed by atoms with Crippen molar-refractivity contribution in [3.8, 4) is 0 Å². The monoisotopic (exact) mass is 322 g/mol. The molecule has 2 N–H and O–H groups in total. The molecule has 1 atom stereocenters. The standard InChI is InChI=1S/C18H30N2O3/c1-4-23-20-16(21)15(11(2)3)19-17(22)18-8-12-5-13(9-18)7-14(6-12)10-18/h11-15H,4-10H2,1-3H3,(H,19,22)(H,20,21)/t12?,13?,14?,15-,18?/m0/s1. The van der Waals surface area contributed by atoms with Gasteiger partial charge in [-0.2, -0.15) is 0 Å². The summed E-state index contributed by atoms with van der Waals surface area (Å²) in [6.07, 6.45) is 6.98. The Bertz CT molecular complexity index is 440. The molecule has 0 aromatic carbocycles. The maximum atomic E-state index is 13.1. The van der Waals surface area contributed by atoms with Gasteiger partial charge in [0.2, 0.25) is 5.91 Å². The van der Waals surface area contributed by atoms with Crippen LogP contribution in [0.1, 0.15) is 59.3 Å². The summed E-state index contributed by atoms with van der Waals surface area (Å²) in [4.78, 5) is 30.3. The Kier molecular flexibility index (Phi) is 4.68. The van der Waals surface area contributed by atoms with E-state index in [1.807, 2.05) is 20.8 Å². The van der Waals surface area contributed by atoms with E-state index < -0.39 is 6.04 Å². The zero-order valence-corrected chi connectivity index (χ0v) is 14.6. The summed E-state index contributed by atoms with van der Waals surface area (Å²) in [7, 11) is 0. The van der Waals surface area contributed by atoms with Crippen LogP contribution in [0.5, 0.6) is 0 Å². The van der Waals surface area contributed by atoms with E-state index in [4.69, 9.17) is 4.84 Å². The summed E-state index contributed by atoms with van der Waals surface area (Å²) in [5, 5.41) is 3.05. The molecule has 4 fully saturated rings. The molecule has 23 heavy (non-hydrogen) atoms. The zero-order chi connectivity index (χ0) is 16.6. The molecule has 0 aromatic heterocycles. The number of hydrogen-bond donors (Lipinski definition) is 2. The van der Waals surface area contributed by atoms with Crippen LogP contribution in [-0.2, 0) is 14.4 Å². The molecular formula is C18H30N2O3. The average Bonchev–Trinajstić information content (AvgIpc) is 2.48. The van der Waals surface area contributed by atoms with Crippen molar-refractivity contribution in [3.05, 3.63) is 0 Å². The lowest BCUT2D eigenvalue weighted by Crippen LogP contribution is -2.58. The van der Waals surface area contributed by atoms with E-state index in [1.54, 1.807) is 0 Å². The van der Waals surface area contributed by atoms with E-state index in [-0.39, 0.29) is 23.1 Å². The lowest BCUT2D eigenvalue weighted by molar-refractivity contribution is -0.151.